The predicted octanol–water partition coefficient (Wildman–Crippen LogP) is 2.41. The molecule has 0 unspecified atom stereocenters. The van der Waals surface area contributed by atoms with Crippen LogP contribution in [0.25, 0.3) is 11.3 Å². The van der Waals surface area contributed by atoms with Gasteiger partial charge in [0, 0.05) is 18.5 Å². The third kappa shape index (κ3) is 1.43. The first-order chi connectivity index (χ1) is 7.84. The Labute approximate surface area is 92.9 Å². The van der Waals surface area contributed by atoms with Gasteiger partial charge in [0.15, 0.2) is 5.76 Å². The molecular weight excluding hydrogens is 204 g/mol. The minimum Gasteiger partial charge on any atom is -0.508 e. The SMILES string of the molecule is Oc1cccc(-c2noc3c2NCCC3)c1. The van der Waals surface area contributed by atoms with Crippen LogP contribution in [-0.2, 0) is 6.42 Å². The van der Waals surface area contributed by atoms with Gasteiger partial charge in [-0.05, 0) is 18.6 Å². The van der Waals surface area contributed by atoms with Crippen molar-refractivity contribution < 1.29 is 9.63 Å². The summed E-state index contributed by atoms with van der Waals surface area (Å²) in [6, 6.07) is 7.04. The number of nitrogens with zero attached hydrogens (tertiary/aromatic N) is 1. The molecule has 2 heterocycles. The highest BCUT2D eigenvalue weighted by atomic mass is 16.5. The number of fused-ring (bicyclic) bond motifs is 1. The Morgan fingerprint density at radius 2 is 2.31 bits per heavy atom. The van der Waals surface area contributed by atoms with Gasteiger partial charge in [0.05, 0.1) is 0 Å². The maximum atomic E-state index is 9.44. The number of benzene rings is 1. The van der Waals surface area contributed by atoms with E-state index < -0.39 is 0 Å². The van der Waals surface area contributed by atoms with Crippen molar-refractivity contribution in [3.05, 3.63) is 30.0 Å². The molecule has 0 aliphatic carbocycles. The zero-order chi connectivity index (χ0) is 11.0. The Morgan fingerprint density at radius 1 is 1.38 bits per heavy atom. The zero-order valence-electron chi connectivity index (χ0n) is 8.73. The number of anilines is 1. The van der Waals surface area contributed by atoms with E-state index in [1.54, 1.807) is 18.2 Å². The van der Waals surface area contributed by atoms with Gasteiger partial charge in [0.25, 0.3) is 0 Å². The average Bonchev–Trinajstić information content (AvgIpc) is 2.72. The molecule has 1 aromatic carbocycles. The first kappa shape index (κ1) is 9.27. The van der Waals surface area contributed by atoms with E-state index in [-0.39, 0.29) is 5.75 Å². The van der Waals surface area contributed by atoms with Gasteiger partial charge in [-0.2, -0.15) is 0 Å². The van der Waals surface area contributed by atoms with Gasteiger partial charge in [-0.25, -0.2) is 0 Å². The number of aromatic hydroxyl groups is 1. The van der Waals surface area contributed by atoms with Crippen molar-refractivity contribution in [2.75, 3.05) is 11.9 Å². The highest BCUT2D eigenvalue weighted by molar-refractivity contribution is 5.76. The van der Waals surface area contributed by atoms with Gasteiger partial charge in [0.1, 0.15) is 17.1 Å². The van der Waals surface area contributed by atoms with Gasteiger partial charge in [-0.1, -0.05) is 17.3 Å². The fourth-order valence-electron chi connectivity index (χ4n) is 1.99. The van der Waals surface area contributed by atoms with Crippen LogP contribution in [0.4, 0.5) is 5.69 Å². The molecule has 3 rings (SSSR count). The summed E-state index contributed by atoms with van der Waals surface area (Å²) in [6.45, 7) is 0.944. The molecule has 0 saturated carbocycles. The Hall–Kier alpha value is -1.97. The van der Waals surface area contributed by atoms with Crippen molar-refractivity contribution >= 4 is 5.69 Å². The first-order valence-corrected chi connectivity index (χ1v) is 5.36. The molecule has 1 aliphatic heterocycles. The molecule has 1 aromatic heterocycles. The molecule has 82 valence electrons. The minimum atomic E-state index is 0.241. The van der Waals surface area contributed by atoms with E-state index in [2.05, 4.69) is 10.5 Å². The molecule has 16 heavy (non-hydrogen) atoms. The van der Waals surface area contributed by atoms with Crippen LogP contribution in [-0.4, -0.2) is 16.8 Å². The third-order valence-electron chi connectivity index (χ3n) is 2.76. The van der Waals surface area contributed by atoms with E-state index in [1.165, 1.54) is 0 Å². The molecule has 0 amide bonds. The van der Waals surface area contributed by atoms with E-state index >= 15 is 0 Å². The monoisotopic (exact) mass is 216 g/mol. The summed E-state index contributed by atoms with van der Waals surface area (Å²) < 4.78 is 5.29. The normalized spacial score (nSPS) is 14.2. The zero-order valence-corrected chi connectivity index (χ0v) is 8.73. The molecule has 4 nitrogen and oxygen atoms in total. The summed E-state index contributed by atoms with van der Waals surface area (Å²) in [6.07, 6.45) is 2.00. The van der Waals surface area contributed by atoms with E-state index in [1.807, 2.05) is 6.07 Å². The summed E-state index contributed by atoms with van der Waals surface area (Å²) in [5.41, 5.74) is 2.63. The van der Waals surface area contributed by atoms with Crippen LogP contribution in [0, 0.1) is 0 Å². The molecule has 0 radical (unpaired) electrons. The number of rotatable bonds is 1. The van der Waals surface area contributed by atoms with Gasteiger partial charge < -0.3 is 14.9 Å². The fourth-order valence-corrected chi connectivity index (χ4v) is 1.99. The standard InChI is InChI=1S/C12H12N2O2/c15-9-4-1-3-8(7-9)11-12-10(16-14-11)5-2-6-13-12/h1,3-4,7,13,15H,2,5-6H2. The van der Waals surface area contributed by atoms with Crippen molar-refractivity contribution in [2.24, 2.45) is 0 Å². The van der Waals surface area contributed by atoms with Crippen LogP contribution in [0.3, 0.4) is 0 Å². The Kier molecular flexibility index (Phi) is 2.06. The lowest BCUT2D eigenvalue weighted by Crippen LogP contribution is -2.10. The van der Waals surface area contributed by atoms with Crippen molar-refractivity contribution in [3.8, 4) is 17.0 Å². The lowest BCUT2D eigenvalue weighted by molar-refractivity contribution is 0.382. The number of phenolic OH excluding ortho intramolecular Hbond substituents is 1. The second kappa shape index (κ2) is 3.56. The number of hydrogen-bond donors (Lipinski definition) is 2. The number of phenols is 1. The Bertz CT molecular complexity index is 519. The van der Waals surface area contributed by atoms with Gasteiger partial charge in [-0.15, -0.1) is 0 Å². The molecule has 0 bridgehead atoms. The molecular formula is C12H12N2O2. The molecule has 2 N–H and O–H groups in total. The summed E-state index contributed by atoms with van der Waals surface area (Å²) in [5, 5.41) is 16.8. The molecule has 0 atom stereocenters. The molecule has 2 aromatic rings. The quantitative estimate of drug-likeness (QED) is 0.768. The van der Waals surface area contributed by atoms with Crippen LogP contribution in [0.2, 0.25) is 0 Å². The van der Waals surface area contributed by atoms with Crippen LogP contribution in [0.1, 0.15) is 12.2 Å². The topological polar surface area (TPSA) is 58.3 Å². The lowest BCUT2D eigenvalue weighted by atomic mass is 10.1. The van der Waals surface area contributed by atoms with Crippen LogP contribution >= 0.6 is 0 Å². The van der Waals surface area contributed by atoms with Crippen molar-refractivity contribution in [3.63, 3.8) is 0 Å². The van der Waals surface area contributed by atoms with Crippen molar-refractivity contribution in [2.45, 2.75) is 12.8 Å². The number of aryl methyl sites for hydroxylation is 1. The number of hydrogen-bond acceptors (Lipinski definition) is 4. The molecule has 0 spiro atoms. The maximum absolute atomic E-state index is 9.44. The molecule has 0 saturated heterocycles. The maximum Gasteiger partial charge on any atom is 0.160 e. The van der Waals surface area contributed by atoms with E-state index in [0.29, 0.717) is 0 Å². The summed E-state index contributed by atoms with van der Waals surface area (Å²) in [4.78, 5) is 0. The highest BCUT2D eigenvalue weighted by Crippen LogP contribution is 2.34. The van der Waals surface area contributed by atoms with E-state index in [4.69, 9.17) is 4.52 Å². The van der Waals surface area contributed by atoms with Crippen LogP contribution < -0.4 is 5.32 Å². The molecule has 4 heteroatoms. The van der Waals surface area contributed by atoms with Gasteiger partial charge >= 0.3 is 0 Å². The Morgan fingerprint density at radius 3 is 3.19 bits per heavy atom. The van der Waals surface area contributed by atoms with Crippen LogP contribution in [0.15, 0.2) is 28.8 Å². The highest BCUT2D eigenvalue weighted by Gasteiger charge is 2.20. The number of aromatic nitrogens is 1. The summed E-state index contributed by atoms with van der Waals surface area (Å²) >= 11 is 0. The van der Waals surface area contributed by atoms with E-state index in [9.17, 15) is 5.11 Å². The Balaban J connectivity index is 2.09. The van der Waals surface area contributed by atoms with Gasteiger partial charge in [-0.3, -0.25) is 0 Å². The predicted molar refractivity (Wildman–Crippen MR) is 60.4 cm³/mol. The van der Waals surface area contributed by atoms with Crippen LogP contribution in [0.5, 0.6) is 5.75 Å². The third-order valence-corrected chi connectivity index (χ3v) is 2.76. The smallest absolute Gasteiger partial charge is 0.160 e. The number of nitrogens with one attached hydrogen (secondary N) is 1. The second-order valence-corrected chi connectivity index (χ2v) is 3.91. The van der Waals surface area contributed by atoms with Crippen molar-refractivity contribution in [1.29, 1.82) is 0 Å². The molecule has 1 aliphatic rings. The minimum absolute atomic E-state index is 0.241. The average molecular weight is 216 g/mol. The summed E-state index contributed by atoms with van der Waals surface area (Å²) in [5.74, 6) is 1.15. The second-order valence-electron chi connectivity index (χ2n) is 3.91. The lowest BCUT2D eigenvalue weighted by Gasteiger charge is -2.12. The first-order valence-electron chi connectivity index (χ1n) is 5.36. The van der Waals surface area contributed by atoms with Crippen molar-refractivity contribution in [1.82, 2.24) is 5.16 Å². The largest absolute Gasteiger partial charge is 0.508 e. The fraction of sp³-hybridized carbons (Fsp3) is 0.250. The van der Waals surface area contributed by atoms with E-state index in [0.717, 1.165) is 42.1 Å². The molecule has 0 fully saturated rings. The summed E-state index contributed by atoms with van der Waals surface area (Å²) in [7, 11) is 0. The van der Waals surface area contributed by atoms with Gasteiger partial charge in [0.2, 0.25) is 0 Å².